The third kappa shape index (κ3) is 2.95. The summed E-state index contributed by atoms with van der Waals surface area (Å²) in [4.78, 5) is 2.54. The number of nitrogens with zero attached hydrogens (tertiary/aromatic N) is 2. The summed E-state index contributed by atoms with van der Waals surface area (Å²) in [6.45, 7) is 14.8. The summed E-state index contributed by atoms with van der Waals surface area (Å²) in [5.41, 5.74) is 2.16. The van der Waals surface area contributed by atoms with Gasteiger partial charge in [-0.05, 0) is 40.2 Å². The van der Waals surface area contributed by atoms with E-state index in [4.69, 9.17) is 4.74 Å². The van der Waals surface area contributed by atoms with Crippen LogP contribution in [-0.2, 0) is 4.74 Å². The molecule has 3 nitrogen and oxygen atoms in total. The van der Waals surface area contributed by atoms with Gasteiger partial charge in [0.2, 0.25) is 0 Å². The van der Waals surface area contributed by atoms with E-state index in [1.54, 1.807) is 5.57 Å². The summed E-state index contributed by atoms with van der Waals surface area (Å²) >= 11 is 0. The normalized spacial score (nSPS) is 29.0. The fourth-order valence-corrected chi connectivity index (χ4v) is 3.53. The number of ether oxygens (including phenoxy) is 1. The highest BCUT2D eigenvalue weighted by molar-refractivity contribution is 5.16. The molecule has 0 bridgehead atoms. The minimum absolute atomic E-state index is 0.210. The van der Waals surface area contributed by atoms with Gasteiger partial charge >= 0.3 is 0 Å². The quantitative estimate of drug-likeness (QED) is 0.582. The Labute approximate surface area is 125 Å². The van der Waals surface area contributed by atoms with Crippen molar-refractivity contribution in [3.63, 3.8) is 0 Å². The van der Waals surface area contributed by atoms with Crippen LogP contribution >= 0.6 is 0 Å². The van der Waals surface area contributed by atoms with Crippen LogP contribution in [0.2, 0.25) is 0 Å². The lowest BCUT2D eigenvalue weighted by Crippen LogP contribution is -2.67. The highest BCUT2D eigenvalue weighted by Crippen LogP contribution is 2.42. The van der Waals surface area contributed by atoms with Crippen LogP contribution in [0, 0.1) is 0 Å². The third-order valence-corrected chi connectivity index (χ3v) is 6.02. The zero-order valence-corrected chi connectivity index (χ0v) is 14.3. The first-order chi connectivity index (χ1) is 9.16. The number of quaternary nitrogens is 1. The predicted octanol–water partition coefficient (Wildman–Crippen LogP) is 2.67. The van der Waals surface area contributed by atoms with Crippen LogP contribution in [0.15, 0.2) is 11.6 Å². The molecular weight excluding hydrogens is 248 g/mol. The number of likely N-dealkylation sites (N-methyl/N-ethyl adjacent to an activating group) is 1. The van der Waals surface area contributed by atoms with Crippen molar-refractivity contribution >= 4 is 0 Å². The van der Waals surface area contributed by atoms with Gasteiger partial charge in [0, 0.05) is 26.1 Å². The first-order valence-electron chi connectivity index (χ1n) is 8.01. The molecule has 0 aromatic heterocycles. The van der Waals surface area contributed by atoms with E-state index in [1.807, 2.05) is 0 Å². The molecule has 0 aromatic rings. The second kappa shape index (κ2) is 5.43. The summed E-state index contributed by atoms with van der Waals surface area (Å²) in [5, 5.41) is 0. The van der Waals surface area contributed by atoms with Crippen molar-refractivity contribution in [1.82, 2.24) is 4.90 Å². The smallest absolute Gasteiger partial charge is 0.112 e. The average Bonchev–Trinajstić information content (AvgIpc) is 2.35. The van der Waals surface area contributed by atoms with Crippen molar-refractivity contribution in [2.75, 3.05) is 46.9 Å². The Morgan fingerprint density at radius 3 is 2.30 bits per heavy atom. The number of hydrogen-bond acceptors (Lipinski definition) is 2. The van der Waals surface area contributed by atoms with E-state index in [1.165, 1.54) is 19.4 Å². The lowest BCUT2D eigenvalue weighted by Gasteiger charge is -2.56. The Morgan fingerprint density at radius 1 is 1.15 bits per heavy atom. The number of morpholine rings is 1. The van der Waals surface area contributed by atoms with Crippen LogP contribution in [-0.4, -0.2) is 67.4 Å². The van der Waals surface area contributed by atoms with Crippen molar-refractivity contribution in [2.45, 2.75) is 51.6 Å². The molecule has 20 heavy (non-hydrogen) atoms. The molecule has 0 N–H and O–H groups in total. The van der Waals surface area contributed by atoms with Crippen molar-refractivity contribution in [1.29, 1.82) is 0 Å². The van der Waals surface area contributed by atoms with Crippen LogP contribution in [0.3, 0.4) is 0 Å². The first kappa shape index (κ1) is 16.0. The van der Waals surface area contributed by atoms with E-state index >= 15 is 0 Å². The van der Waals surface area contributed by atoms with E-state index in [0.717, 1.165) is 30.8 Å². The van der Waals surface area contributed by atoms with Gasteiger partial charge in [-0.3, -0.25) is 4.90 Å². The van der Waals surface area contributed by atoms with Crippen molar-refractivity contribution in [3.05, 3.63) is 11.6 Å². The maximum absolute atomic E-state index is 5.43. The molecule has 2 heterocycles. The molecule has 1 saturated heterocycles. The van der Waals surface area contributed by atoms with Crippen molar-refractivity contribution in [2.24, 2.45) is 0 Å². The molecule has 1 fully saturated rings. The zero-order chi connectivity index (χ0) is 15.0. The number of rotatable bonds is 3. The summed E-state index contributed by atoms with van der Waals surface area (Å²) in [7, 11) is 4.74. The predicted molar refractivity (Wildman–Crippen MR) is 84.8 cm³/mol. The van der Waals surface area contributed by atoms with Crippen LogP contribution in [0.5, 0.6) is 0 Å². The molecule has 0 atom stereocenters. The van der Waals surface area contributed by atoms with Gasteiger partial charge in [0.25, 0.3) is 0 Å². The summed E-state index contributed by atoms with van der Waals surface area (Å²) in [5.74, 6) is 0. The molecule has 116 valence electrons. The zero-order valence-electron chi connectivity index (χ0n) is 14.3. The molecule has 0 unspecified atom stereocenters. The Hall–Kier alpha value is -0.380. The van der Waals surface area contributed by atoms with Crippen molar-refractivity contribution in [3.8, 4) is 0 Å². The maximum atomic E-state index is 5.43. The molecule has 0 aliphatic carbocycles. The fraction of sp³-hybridized carbons (Fsp3) is 0.882. The molecule has 3 heteroatoms. The molecule has 0 aromatic carbocycles. The molecule has 2 rings (SSSR count). The van der Waals surface area contributed by atoms with Crippen molar-refractivity contribution < 1.29 is 9.22 Å². The molecule has 2 aliphatic rings. The van der Waals surface area contributed by atoms with Gasteiger partial charge in [-0.15, -0.1) is 0 Å². The van der Waals surface area contributed by atoms with Crippen LogP contribution in [0.1, 0.15) is 40.5 Å². The summed E-state index contributed by atoms with van der Waals surface area (Å²) < 4.78 is 6.48. The van der Waals surface area contributed by atoms with Gasteiger partial charge in [-0.2, -0.15) is 0 Å². The molecule has 0 amide bonds. The van der Waals surface area contributed by atoms with E-state index in [-0.39, 0.29) is 5.54 Å². The number of hydrogen-bond donors (Lipinski definition) is 0. The Bertz CT molecular complexity index is 376. The molecular formula is C17H33N2O+. The minimum Gasteiger partial charge on any atom is -0.379 e. The van der Waals surface area contributed by atoms with Gasteiger partial charge < -0.3 is 9.22 Å². The highest BCUT2D eigenvalue weighted by Gasteiger charge is 2.49. The lowest BCUT2D eigenvalue weighted by atomic mass is 9.77. The second-order valence-corrected chi connectivity index (χ2v) is 8.10. The lowest BCUT2D eigenvalue weighted by molar-refractivity contribution is -0.976. The second-order valence-electron chi connectivity index (χ2n) is 8.10. The topological polar surface area (TPSA) is 12.5 Å². The van der Waals surface area contributed by atoms with Gasteiger partial charge in [0.15, 0.2) is 0 Å². The van der Waals surface area contributed by atoms with Gasteiger partial charge in [-0.25, -0.2) is 0 Å². The monoisotopic (exact) mass is 281 g/mol. The van der Waals surface area contributed by atoms with E-state index < -0.39 is 0 Å². The standard InChI is InChI=1S/C17H33N2O/c1-16(2)13-15(14-17(3,4)19(16,5)6)7-8-18-9-11-20-12-10-18/h13H,7-12,14H2,1-6H3/q+1. The highest BCUT2D eigenvalue weighted by atomic mass is 16.5. The molecule has 0 saturated carbocycles. The molecule has 0 spiro atoms. The van der Waals surface area contributed by atoms with Crippen LogP contribution in [0.4, 0.5) is 0 Å². The Balaban J connectivity index is 2.03. The average molecular weight is 281 g/mol. The SMILES string of the molecule is CC1(C)C=C(CCN2CCOCC2)CC(C)(C)[N+]1(C)C. The van der Waals surface area contributed by atoms with E-state index in [9.17, 15) is 0 Å². The van der Waals surface area contributed by atoms with Crippen LogP contribution in [0.25, 0.3) is 0 Å². The maximum Gasteiger partial charge on any atom is 0.112 e. The molecule has 2 aliphatic heterocycles. The summed E-state index contributed by atoms with van der Waals surface area (Å²) in [6, 6.07) is 0. The molecule has 0 radical (unpaired) electrons. The largest absolute Gasteiger partial charge is 0.379 e. The fourth-order valence-electron chi connectivity index (χ4n) is 3.53. The van der Waals surface area contributed by atoms with Gasteiger partial charge in [0.05, 0.1) is 32.8 Å². The Kier molecular flexibility index (Phi) is 4.35. The third-order valence-electron chi connectivity index (χ3n) is 6.02. The summed E-state index contributed by atoms with van der Waals surface area (Å²) in [6.07, 6.45) is 4.97. The minimum atomic E-state index is 0.210. The Morgan fingerprint density at radius 2 is 1.75 bits per heavy atom. The van der Waals surface area contributed by atoms with E-state index in [2.05, 4.69) is 52.8 Å². The first-order valence-corrected chi connectivity index (χ1v) is 8.01. The van der Waals surface area contributed by atoms with Gasteiger partial charge in [0.1, 0.15) is 5.54 Å². The van der Waals surface area contributed by atoms with E-state index in [0.29, 0.717) is 5.54 Å². The van der Waals surface area contributed by atoms with Crippen LogP contribution < -0.4 is 0 Å². The van der Waals surface area contributed by atoms with Gasteiger partial charge in [-0.1, -0.05) is 5.57 Å².